The Morgan fingerprint density at radius 1 is 1.59 bits per heavy atom. The second kappa shape index (κ2) is 5.77. The molecule has 0 spiro atoms. The molecule has 1 N–H and O–H groups in total. The molecule has 0 bridgehead atoms. The van der Waals surface area contributed by atoms with Crippen molar-refractivity contribution in [2.24, 2.45) is 5.41 Å². The quantitative estimate of drug-likeness (QED) is 0.794. The van der Waals surface area contributed by atoms with Crippen molar-refractivity contribution in [2.45, 2.75) is 26.8 Å². The smallest absolute Gasteiger partial charge is 0.312 e. The summed E-state index contributed by atoms with van der Waals surface area (Å²) in [5, 5.41) is 3.31. The lowest BCUT2D eigenvalue weighted by Gasteiger charge is -2.24. The Morgan fingerprint density at radius 2 is 2.29 bits per heavy atom. The Balaban J connectivity index is 2.54. The number of carbonyl (C=O) groups excluding carboxylic acids is 1. The zero-order chi connectivity index (χ0) is 12.9. The van der Waals surface area contributed by atoms with E-state index in [9.17, 15) is 4.79 Å². The van der Waals surface area contributed by atoms with Gasteiger partial charge in [0.15, 0.2) is 0 Å². The van der Waals surface area contributed by atoms with Gasteiger partial charge in [0.2, 0.25) is 0 Å². The summed E-state index contributed by atoms with van der Waals surface area (Å²) < 4.78 is 4.76. The Labute approximate surface area is 102 Å². The lowest BCUT2D eigenvalue weighted by Crippen LogP contribution is -2.38. The monoisotopic (exact) mass is 236 g/mol. The van der Waals surface area contributed by atoms with Crippen LogP contribution >= 0.6 is 0 Å². The highest BCUT2D eigenvalue weighted by Gasteiger charge is 2.28. The van der Waals surface area contributed by atoms with Crippen LogP contribution < -0.4 is 5.32 Å². The first-order valence-electron chi connectivity index (χ1n) is 5.69. The number of hydrogen-bond acceptors (Lipinski definition) is 4. The number of hydrogen-bond donors (Lipinski definition) is 1. The number of methoxy groups -OCH3 is 1. The fourth-order valence-corrected chi connectivity index (χ4v) is 1.51. The number of pyridine rings is 1. The van der Waals surface area contributed by atoms with E-state index >= 15 is 0 Å². The van der Waals surface area contributed by atoms with Crippen molar-refractivity contribution in [1.29, 1.82) is 0 Å². The molecule has 0 saturated carbocycles. The molecular formula is C13H20N2O2. The van der Waals surface area contributed by atoms with Gasteiger partial charge in [0.05, 0.1) is 12.5 Å². The molecule has 0 aliphatic carbocycles. The van der Waals surface area contributed by atoms with Gasteiger partial charge in [0.1, 0.15) is 0 Å². The van der Waals surface area contributed by atoms with Crippen LogP contribution in [-0.4, -0.2) is 24.6 Å². The summed E-state index contributed by atoms with van der Waals surface area (Å²) in [7, 11) is 1.41. The van der Waals surface area contributed by atoms with Gasteiger partial charge in [0.25, 0.3) is 0 Å². The molecule has 0 amide bonds. The highest BCUT2D eigenvalue weighted by molar-refractivity contribution is 5.76. The van der Waals surface area contributed by atoms with Gasteiger partial charge in [-0.3, -0.25) is 9.78 Å². The summed E-state index contributed by atoms with van der Waals surface area (Å²) in [5.41, 5.74) is 0.582. The first kappa shape index (κ1) is 13.6. The van der Waals surface area contributed by atoms with E-state index in [1.165, 1.54) is 7.11 Å². The third-order valence-corrected chi connectivity index (χ3v) is 2.77. The van der Waals surface area contributed by atoms with Crippen LogP contribution in [0.1, 0.15) is 32.4 Å². The van der Waals surface area contributed by atoms with Crippen molar-refractivity contribution < 1.29 is 9.53 Å². The molecule has 0 aliphatic heterocycles. The number of esters is 1. The normalized spacial score (nSPS) is 13.2. The lowest BCUT2D eigenvalue weighted by molar-refractivity contribution is -0.150. The predicted octanol–water partition coefficient (Wildman–Crippen LogP) is 1.93. The minimum absolute atomic E-state index is 0.160. The lowest BCUT2D eigenvalue weighted by atomic mass is 9.93. The van der Waals surface area contributed by atoms with Crippen LogP contribution in [0.25, 0.3) is 0 Å². The molecule has 0 unspecified atom stereocenters. The predicted molar refractivity (Wildman–Crippen MR) is 66.5 cm³/mol. The van der Waals surface area contributed by atoms with Gasteiger partial charge >= 0.3 is 5.97 Å². The number of nitrogens with zero attached hydrogens (tertiary/aromatic N) is 1. The zero-order valence-corrected chi connectivity index (χ0v) is 10.9. The Hall–Kier alpha value is -1.42. The molecule has 0 radical (unpaired) electrons. The van der Waals surface area contributed by atoms with E-state index in [4.69, 9.17) is 4.74 Å². The first-order valence-corrected chi connectivity index (χ1v) is 5.69. The van der Waals surface area contributed by atoms with Gasteiger partial charge in [-0.05, 0) is 32.4 Å². The standard InChI is InChI=1S/C13H20N2O2/c1-10(11-6-5-7-14-8-11)15-9-13(2,3)12(16)17-4/h5-8,10,15H,9H2,1-4H3/t10-/m1/s1. The van der Waals surface area contributed by atoms with Crippen molar-refractivity contribution in [3.05, 3.63) is 30.1 Å². The molecule has 0 aliphatic rings. The van der Waals surface area contributed by atoms with Crippen LogP contribution in [0.2, 0.25) is 0 Å². The van der Waals surface area contributed by atoms with Gasteiger partial charge in [-0.1, -0.05) is 6.07 Å². The van der Waals surface area contributed by atoms with E-state index in [1.54, 1.807) is 6.20 Å². The minimum atomic E-state index is -0.523. The summed E-state index contributed by atoms with van der Waals surface area (Å²) in [4.78, 5) is 15.6. The Kier molecular flexibility index (Phi) is 4.63. The van der Waals surface area contributed by atoms with Crippen LogP contribution in [0.4, 0.5) is 0 Å². The van der Waals surface area contributed by atoms with Crippen LogP contribution in [0.5, 0.6) is 0 Å². The first-order chi connectivity index (χ1) is 7.97. The van der Waals surface area contributed by atoms with Gasteiger partial charge in [-0.2, -0.15) is 0 Å². The van der Waals surface area contributed by atoms with Crippen LogP contribution in [0.3, 0.4) is 0 Å². The number of ether oxygens (including phenoxy) is 1. The molecule has 4 heteroatoms. The summed E-state index contributed by atoms with van der Waals surface area (Å²) >= 11 is 0. The van der Waals surface area contributed by atoms with Gasteiger partial charge in [-0.15, -0.1) is 0 Å². The topological polar surface area (TPSA) is 51.2 Å². The number of rotatable bonds is 5. The number of carbonyl (C=O) groups is 1. The molecule has 1 aromatic heterocycles. The van der Waals surface area contributed by atoms with Crippen LogP contribution in [-0.2, 0) is 9.53 Å². The molecule has 0 aromatic carbocycles. The molecule has 4 nitrogen and oxygen atoms in total. The van der Waals surface area contributed by atoms with Crippen LogP contribution in [0, 0.1) is 5.41 Å². The second-order valence-corrected chi connectivity index (χ2v) is 4.76. The van der Waals surface area contributed by atoms with Gasteiger partial charge in [0, 0.05) is 25.0 Å². The molecule has 1 aromatic rings. The maximum atomic E-state index is 11.5. The van der Waals surface area contributed by atoms with Crippen molar-refractivity contribution in [2.75, 3.05) is 13.7 Å². The van der Waals surface area contributed by atoms with E-state index in [-0.39, 0.29) is 12.0 Å². The molecule has 1 atom stereocenters. The fraction of sp³-hybridized carbons (Fsp3) is 0.538. The van der Waals surface area contributed by atoms with E-state index in [2.05, 4.69) is 10.3 Å². The average molecular weight is 236 g/mol. The summed E-state index contributed by atoms with van der Waals surface area (Å²) in [6.07, 6.45) is 3.57. The molecule has 0 saturated heterocycles. The Morgan fingerprint density at radius 3 is 2.82 bits per heavy atom. The summed E-state index contributed by atoms with van der Waals surface area (Å²) in [6, 6.07) is 4.07. The van der Waals surface area contributed by atoms with Crippen LogP contribution in [0.15, 0.2) is 24.5 Å². The molecular weight excluding hydrogens is 216 g/mol. The van der Waals surface area contributed by atoms with E-state index in [1.807, 2.05) is 39.1 Å². The van der Waals surface area contributed by atoms with Crippen molar-refractivity contribution in [3.8, 4) is 0 Å². The van der Waals surface area contributed by atoms with Gasteiger partial charge in [-0.25, -0.2) is 0 Å². The highest BCUT2D eigenvalue weighted by atomic mass is 16.5. The van der Waals surface area contributed by atoms with Crippen molar-refractivity contribution in [3.63, 3.8) is 0 Å². The van der Waals surface area contributed by atoms with E-state index in [0.717, 1.165) is 5.56 Å². The summed E-state index contributed by atoms with van der Waals surface area (Å²) in [5.74, 6) is -0.205. The maximum absolute atomic E-state index is 11.5. The second-order valence-electron chi connectivity index (χ2n) is 4.76. The minimum Gasteiger partial charge on any atom is -0.469 e. The van der Waals surface area contributed by atoms with Gasteiger partial charge < -0.3 is 10.1 Å². The van der Waals surface area contributed by atoms with E-state index < -0.39 is 5.41 Å². The number of aromatic nitrogens is 1. The average Bonchev–Trinajstić information content (AvgIpc) is 2.36. The fourth-order valence-electron chi connectivity index (χ4n) is 1.51. The van der Waals surface area contributed by atoms with Crippen molar-refractivity contribution in [1.82, 2.24) is 10.3 Å². The third kappa shape index (κ3) is 3.82. The number of nitrogens with one attached hydrogen (secondary N) is 1. The van der Waals surface area contributed by atoms with E-state index in [0.29, 0.717) is 6.54 Å². The Bertz CT molecular complexity index is 363. The molecule has 1 rings (SSSR count). The molecule has 17 heavy (non-hydrogen) atoms. The maximum Gasteiger partial charge on any atom is 0.312 e. The van der Waals surface area contributed by atoms with Crippen molar-refractivity contribution >= 4 is 5.97 Å². The molecule has 0 fully saturated rings. The largest absolute Gasteiger partial charge is 0.469 e. The molecule has 1 heterocycles. The molecule has 94 valence electrons. The SMILES string of the molecule is COC(=O)C(C)(C)CN[C@H](C)c1cccnc1. The zero-order valence-electron chi connectivity index (χ0n) is 10.9. The summed E-state index contributed by atoms with van der Waals surface area (Å²) in [6.45, 7) is 6.34. The third-order valence-electron chi connectivity index (χ3n) is 2.77. The highest BCUT2D eigenvalue weighted by Crippen LogP contribution is 2.18.